The Balaban J connectivity index is 1.82. The fourth-order valence-corrected chi connectivity index (χ4v) is 3.93. The van der Waals surface area contributed by atoms with Gasteiger partial charge in [0.15, 0.2) is 0 Å². The number of nitrogens with zero attached hydrogens (tertiary/aromatic N) is 3. The van der Waals surface area contributed by atoms with Gasteiger partial charge in [0.05, 0.1) is 18.6 Å². The van der Waals surface area contributed by atoms with Crippen molar-refractivity contribution < 1.29 is 5.11 Å². The zero-order valence-corrected chi connectivity index (χ0v) is 11.0. The van der Waals surface area contributed by atoms with Gasteiger partial charge >= 0.3 is 0 Å². The Hall–Kier alpha value is -0.440. The van der Waals surface area contributed by atoms with Gasteiger partial charge in [-0.15, -0.1) is 0 Å². The van der Waals surface area contributed by atoms with Gasteiger partial charge in [0.25, 0.3) is 0 Å². The van der Waals surface area contributed by atoms with E-state index in [-0.39, 0.29) is 7.92 Å². The van der Waals surface area contributed by atoms with Crippen LogP contribution in [-0.4, -0.2) is 51.7 Å². The van der Waals surface area contributed by atoms with Crippen molar-refractivity contribution in [2.45, 2.75) is 20.4 Å². The van der Waals surface area contributed by atoms with Crippen LogP contribution in [0.25, 0.3) is 0 Å². The lowest BCUT2D eigenvalue weighted by Crippen LogP contribution is -2.25. The lowest BCUT2D eigenvalue weighted by atomic mass is 10.4. The highest BCUT2D eigenvalue weighted by Gasteiger charge is 2.20. The number of aromatic nitrogens is 2. The second kappa shape index (κ2) is 5.26. The molecule has 0 spiro atoms. The van der Waals surface area contributed by atoms with E-state index < -0.39 is 0 Å². The summed E-state index contributed by atoms with van der Waals surface area (Å²) in [6.45, 7) is 7.30. The van der Waals surface area contributed by atoms with E-state index in [9.17, 15) is 0 Å². The van der Waals surface area contributed by atoms with Crippen LogP contribution in [0.1, 0.15) is 11.4 Å². The SMILES string of the molecule is Cc1cc(C)n(CCN2CCP(CO)C2)n1. The van der Waals surface area contributed by atoms with E-state index in [1.165, 1.54) is 11.9 Å². The summed E-state index contributed by atoms with van der Waals surface area (Å²) in [6.07, 6.45) is 2.69. The molecular formula is C11H20N3OP. The quantitative estimate of drug-likeness (QED) is 0.805. The molecule has 0 saturated carbocycles. The summed E-state index contributed by atoms with van der Waals surface area (Å²) in [4.78, 5) is 2.44. The molecule has 1 aliphatic rings. The largest absolute Gasteiger partial charge is 0.392 e. The van der Waals surface area contributed by atoms with Crippen LogP contribution in [-0.2, 0) is 6.54 Å². The van der Waals surface area contributed by atoms with Crippen molar-refractivity contribution >= 4 is 7.92 Å². The normalized spacial score (nSPS) is 21.8. The average Bonchev–Trinajstić information content (AvgIpc) is 2.82. The summed E-state index contributed by atoms with van der Waals surface area (Å²) in [6, 6.07) is 2.12. The third-order valence-corrected chi connectivity index (χ3v) is 5.10. The van der Waals surface area contributed by atoms with Crippen LogP contribution in [0.3, 0.4) is 0 Å². The Morgan fingerprint density at radius 1 is 1.44 bits per heavy atom. The smallest absolute Gasteiger partial charge is 0.0637 e. The predicted octanol–water partition coefficient (Wildman–Crippen LogP) is 1.20. The first-order chi connectivity index (χ1) is 7.69. The molecule has 1 atom stereocenters. The van der Waals surface area contributed by atoms with E-state index in [1.54, 1.807) is 0 Å². The standard InChI is InChI=1S/C11H20N3OP/c1-10-7-11(2)14(12-10)4-3-13-5-6-16(8-13)9-15/h7,15H,3-6,8-9H2,1-2H3. The Kier molecular flexibility index (Phi) is 3.95. The van der Waals surface area contributed by atoms with E-state index in [1.807, 2.05) is 6.92 Å². The molecule has 2 rings (SSSR count). The van der Waals surface area contributed by atoms with Gasteiger partial charge in [-0.25, -0.2) is 0 Å². The molecule has 1 N–H and O–H groups in total. The molecular weight excluding hydrogens is 221 g/mol. The van der Waals surface area contributed by atoms with Gasteiger partial charge < -0.3 is 5.11 Å². The van der Waals surface area contributed by atoms with E-state index in [2.05, 4.69) is 27.7 Å². The number of hydrogen-bond acceptors (Lipinski definition) is 3. The van der Waals surface area contributed by atoms with Crippen molar-refractivity contribution in [3.63, 3.8) is 0 Å². The highest BCUT2D eigenvalue weighted by molar-refractivity contribution is 7.57. The second-order valence-corrected chi connectivity index (χ2v) is 6.80. The minimum atomic E-state index is -0.113. The molecule has 1 fully saturated rings. The van der Waals surface area contributed by atoms with E-state index in [0.29, 0.717) is 6.35 Å². The van der Waals surface area contributed by atoms with Crippen molar-refractivity contribution in [3.8, 4) is 0 Å². The van der Waals surface area contributed by atoms with Gasteiger partial charge in [-0.1, -0.05) is 7.92 Å². The molecule has 2 heterocycles. The molecule has 90 valence electrons. The van der Waals surface area contributed by atoms with Crippen LogP contribution in [0.2, 0.25) is 0 Å². The lowest BCUT2D eigenvalue weighted by molar-refractivity contribution is 0.325. The number of hydrogen-bond donors (Lipinski definition) is 1. The number of aliphatic hydroxyl groups is 1. The Morgan fingerprint density at radius 3 is 2.81 bits per heavy atom. The van der Waals surface area contributed by atoms with Crippen molar-refractivity contribution in [1.29, 1.82) is 0 Å². The van der Waals surface area contributed by atoms with Gasteiger partial charge in [0.1, 0.15) is 0 Å². The summed E-state index contributed by atoms with van der Waals surface area (Å²) in [5.74, 6) is 0. The number of aliphatic hydroxyl groups excluding tert-OH is 1. The minimum Gasteiger partial charge on any atom is -0.392 e. The van der Waals surface area contributed by atoms with Gasteiger partial charge in [0.2, 0.25) is 0 Å². The summed E-state index contributed by atoms with van der Waals surface area (Å²) in [5.41, 5.74) is 2.33. The van der Waals surface area contributed by atoms with Crippen LogP contribution in [0, 0.1) is 13.8 Å². The van der Waals surface area contributed by atoms with Gasteiger partial charge in [-0.2, -0.15) is 5.10 Å². The topological polar surface area (TPSA) is 41.3 Å². The monoisotopic (exact) mass is 241 g/mol. The Bertz CT molecular complexity index is 353. The van der Waals surface area contributed by atoms with Crippen molar-refractivity contribution in [2.75, 3.05) is 31.9 Å². The van der Waals surface area contributed by atoms with Crippen LogP contribution in [0.4, 0.5) is 0 Å². The second-order valence-electron chi connectivity index (χ2n) is 4.45. The minimum absolute atomic E-state index is 0.113. The highest BCUT2D eigenvalue weighted by Crippen LogP contribution is 2.39. The fourth-order valence-electron chi connectivity index (χ4n) is 2.14. The zero-order valence-electron chi connectivity index (χ0n) is 10.1. The molecule has 1 aliphatic heterocycles. The summed E-state index contributed by atoms with van der Waals surface area (Å²) < 4.78 is 2.08. The molecule has 0 aliphatic carbocycles. The van der Waals surface area contributed by atoms with Crippen molar-refractivity contribution in [3.05, 3.63) is 17.5 Å². The molecule has 0 bridgehead atoms. The molecule has 5 heteroatoms. The molecule has 1 unspecified atom stereocenters. The zero-order chi connectivity index (χ0) is 11.5. The maximum atomic E-state index is 9.10. The molecule has 4 nitrogen and oxygen atoms in total. The lowest BCUT2D eigenvalue weighted by Gasteiger charge is -2.15. The van der Waals surface area contributed by atoms with E-state index >= 15 is 0 Å². The number of rotatable bonds is 4. The molecule has 0 aromatic carbocycles. The first kappa shape index (κ1) is 12.0. The molecule has 1 aromatic rings. The first-order valence-electron chi connectivity index (χ1n) is 5.75. The molecule has 16 heavy (non-hydrogen) atoms. The maximum Gasteiger partial charge on any atom is 0.0637 e. The van der Waals surface area contributed by atoms with E-state index in [4.69, 9.17) is 5.11 Å². The van der Waals surface area contributed by atoms with Crippen LogP contribution in [0.5, 0.6) is 0 Å². The predicted molar refractivity (Wildman–Crippen MR) is 67.0 cm³/mol. The fraction of sp³-hybridized carbons (Fsp3) is 0.727. The summed E-state index contributed by atoms with van der Waals surface area (Å²) in [5, 5.41) is 13.6. The highest BCUT2D eigenvalue weighted by atomic mass is 31.1. The maximum absolute atomic E-state index is 9.10. The first-order valence-corrected chi connectivity index (χ1v) is 7.65. The molecule has 0 radical (unpaired) electrons. The molecule has 0 amide bonds. The van der Waals surface area contributed by atoms with Gasteiger partial charge in [-0.05, 0) is 26.1 Å². The van der Waals surface area contributed by atoms with Crippen LogP contribution in [0.15, 0.2) is 6.07 Å². The molecule has 1 saturated heterocycles. The Morgan fingerprint density at radius 2 is 2.25 bits per heavy atom. The number of aryl methyl sites for hydroxylation is 2. The van der Waals surface area contributed by atoms with Gasteiger partial charge in [0, 0.05) is 25.1 Å². The van der Waals surface area contributed by atoms with Crippen molar-refractivity contribution in [1.82, 2.24) is 14.7 Å². The van der Waals surface area contributed by atoms with E-state index in [0.717, 1.165) is 31.6 Å². The third-order valence-electron chi connectivity index (χ3n) is 3.06. The summed E-state index contributed by atoms with van der Waals surface area (Å²) in [7, 11) is -0.113. The summed E-state index contributed by atoms with van der Waals surface area (Å²) >= 11 is 0. The van der Waals surface area contributed by atoms with Gasteiger partial charge in [-0.3, -0.25) is 9.58 Å². The average molecular weight is 241 g/mol. The third kappa shape index (κ3) is 2.82. The Labute approximate surface area is 98.0 Å². The molecule has 1 aromatic heterocycles. The van der Waals surface area contributed by atoms with Crippen molar-refractivity contribution in [2.24, 2.45) is 0 Å². The van der Waals surface area contributed by atoms with Crippen LogP contribution >= 0.6 is 7.92 Å². The van der Waals surface area contributed by atoms with Crippen LogP contribution < -0.4 is 0 Å².